The number of rotatable bonds is 3. The van der Waals surface area contributed by atoms with E-state index in [-0.39, 0.29) is 5.91 Å². The normalized spacial score (nSPS) is 22.8. The molecule has 1 aliphatic rings. The van der Waals surface area contributed by atoms with E-state index in [1.807, 2.05) is 30.8 Å². The van der Waals surface area contributed by atoms with E-state index in [1.54, 1.807) is 7.05 Å². The molecule has 0 aliphatic carbocycles. The number of carbonyl (C=O) groups excluding carboxylic acids is 1. The Morgan fingerprint density at radius 2 is 2.22 bits per heavy atom. The summed E-state index contributed by atoms with van der Waals surface area (Å²) in [6, 6.07) is 6.37. The van der Waals surface area contributed by atoms with Gasteiger partial charge in [-0.15, -0.1) is 0 Å². The number of nitrogens with one attached hydrogen (secondary N) is 2. The van der Waals surface area contributed by atoms with Crippen LogP contribution in [0, 0.1) is 6.92 Å². The fourth-order valence-electron chi connectivity index (χ4n) is 2.29. The maximum absolute atomic E-state index is 11.7. The molecule has 1 amide bonds. The summed E-state index contributed by atoms with van der Waals surface area (Å²) in [5, 5.41) is 6.89. The summed E-state index contributed by atoms with van der Waals surface area (Å²) in [6.45, 7) is 4.26. The first-order valence-electron chi connectivity index (χ1n) is 6.33. The van der Waals surface area contributed by atoms with Crippen LogP contribution in [0.4, 0.5) is 5.69 Å². The molecule has 3 nitrogen and oxygen atoms in total. The first-order valence-corrected chi connectivity index (χ1v) is 7.38. The summed E-state index contributed by atoms with van der Waals surface area (Å²) in [7, 11) is 1.66. The number of hydrogen-bond donors (Lipinski definition) is 2. The van der Waals surface area contributed by atoms with Crippen LogP contribution in [0.1, 0.15) is 29.3 Å². The van der Waals surface area contributed by atoms with Gasteiger partial charge in [-0.05, 0) is 36.8 Å². The van der Waals surface area contributed by atoms with Gasteiger partial charge >= 0.3 is 0 Å². The third kappa shape index (κ3) is 2.64. The Hall–Kier alpha value is -1.16. The highest BCUT2D eigenvalue weighted by Gasteiger charge is 2.24. The quantitative estimate of drug-likeness (QED) is 0.882. The zero-order valence-corrected chi connectivity index (χ0v) is 11.9. The summed E-state index contributed by atoms with van der Waals surface area (Å²) in [6.07, 6.45) is 1.19. The van der Waals surface area contributed by atoms with Crippen molar-refractivity contribution in [1.82, 2.24) is 5.32 Å². The van der Waals surface area contributed by atoms with Gasteiger partial charge in [0.2, 0.25) is 0 Å². The van der Waals surface area contributed by atoms with E-state index in [1.165, 1.54) is 12.2 Å². The molecule has 1 aromatic carbocycles. The zero-order valence-electron chi connectivity index (χ0n) is 11.1. The second-order valence-corrected chi connectivity index (χ2v) is 6.16. The molecule has 2 atom stereocenters. The Balaban J connectivity index is 2.20. The Labute approximate surface area is 113 Å². The molecule has 1 saturated heterocycles. The molecule has 18 heavy (non-hydrogen) atoms. The molecular weight excluding hydrogens is 244 g/mol. The van der Waals surface area contributed by atoms with Crippen LogP contribution in [0.25, 0.3) is 0 Å². The van der Waals surface area contributed by atoms with Gasteiger partial charge in [-0.25, -0.2) is 0 Å². The predicted molar refractivity (Wildman–Crippen MR) is 78.5 cm³/mol. The largest absolute Gasteiger partial charge is 0.381 e. The molecule has 2 N–H and O–H groups in total. The Morgan fingerprint density at radius 1 is 1.44 bits per heavy atom. The molecule has 2 unspecified atom stereocenters. The lowest BCUT2D eigenvalue weighted by Crippen LogP contribution is -2.26. The molecule has 1 fully saturated rings. The highest BCUT2D eigenvalue weighted by atomic mass is 32.2. The van der Waals surface area contributed by atoms with Crippen LogP contribution in [0.2, 0.25) is 0 Å². The van der Waals surface area contributed by atoms with E-state index in [0.717, 1.165) is 16.8 Å². The van der Waals surface area contributed by atoms with Crippen molar-refractivity contribution in [2.75, 3.05) is 18.1 Å². The standard InChI is InChI=1S/C14H20N2OS/c1-9-11(14(17)15-3)5-4-6-12(9)16-13-7-8-18-10(13)2/h4-6,10,13,16H,7-8H2,1-3H3,(H,15,17). The van der Waals surface area contributed by atoms with E-state index in [2.05, 4.69) is 23.6 Å². The van der Waals surface area contributed by atoms with Crippen molar-refractivity contribution < 1.29 is 4.79 Å². The van der Waals surface area contributed by atoms with Crippen molar-refractivity contribution in [3.8, 4) is 0 Å². The number of carbonyl (C=O) groups is 1. The molecule has 0 aromatic heterocycles. The van der Waals surface area contributed by atoms with Crippen molar-refractivity contribution in [3.05, 3.63) is 29.3 Å². The lowest BCUT2D eigenvalue weighted by atomic mass is 10.0. The highest BCUT2D eigenvalue weighted by molar-refractivity contribution is 8.00. The van der Waals surface area contributed by atoms with E-state index in [4.69, 9.17) is 0 Å². The van der Waals surface area contributed by atoms with Gasteiger partial charge in [0.1, 0.15) is 0 Å². The van der Waals surface area contributed by atoms with E-state index < -0.39 is 0 Å². The molecule has 0 saturated carbocycles. The molecular formula is C14H20N2OS. The van der Waals surface area contributed by atoms with Gasteiger partial charge in [0.15, 0.2) is 0 Å². The Morgan fingerprint density at radius 3 is 2.83 bits per heavy atom. The minimum atomic E-state index is -0.0232. The second-order valence-electron chi connectivity index (χ2n) is 4.67. The Bertz CT molecular complexity index is 447. The molecule has 2 rings (SSSR count). The maximum atomic E-state index is 11.7. The third-order valence-electron chi connectivity index (χ3n) is 3.52. The Kier molecular flexibility index (Phi) is 4.17. The molecule has 0 radical (unpaired) electrons. The van der Waals surface area contributed by atoms with Crippen LogP contribution in [0.3, 0.4) is 0 Å². The van der Waals surface area contributed by atoms with E-state index >= 15 is 0 Å². The highest BCUT2D eigenvalue weighted by Crippen LogP contribution is 2.30. The predicted octanol–water partition coefficient (Wildman–Crippen LogP) is 2.66. The fourth-order valence-corrected chi connectivity index (χ4v) is 3.49. The van der Waals surface area contributed by atoms with Gasteiger partial charge in [0.05, 0.1) is 0 Å². The molecule has 0 spiro atoms. The number of anilines is 1. The average Bonchev–Trinajstić information content (AvgIpc) is 2.77. The third-order valence-corrected chi connectivity index (χ3v) is 4.85. The molecule has 1 aliphatic heterocycles. The molecule has 98 valence electrons. The summed E-state index contributed by atoms with van der Waals surface area (Å²) < 4.78 is 0. The summed E-state index contributed by atoms with van der Waals surface area (Å²) in [4.78, 5) is 11.7. The van der Waals surface area contributed by atoms with Gasteiger partial charge in [-0.2, -0.15) is 11.8 Å². The number of amides is 1. The van der Waals surface area contributed by atoms with Gasteiger partial charge in [-0.1, -0.05) is 13.0 Å². The number of benzene rings is 1. The van der Waals surface area contributed by atoms with E-state index in [9.17, 15) is 4.79 Å². The minimum absolute atomic E-state index is 0.0232. The SMILES string of the molecule is CNC(=O)c1cccc(NC2CCSC2C)c1C. The average molecular weight is 264 g/mol. The van der Waals surface area contributed by atoms with Crippen molar-refractivity contribution in [1.29, 1.82) is 0 Å². The van der Waals surface area contributed by atoms with Crippen LogP contribution in [0.5, 0.6) is 0 Å². The van der Waals surface area contributed by atoms with Crippen molar-refractivity contribution >= 4 is 23.4 Å². The summed E-state index contributed by atoms with van der Waals surface area (Å²) in [5.41, 5.74) is 2.86. The minimum Gasteiger partial charge on any atom is -0.381 e. The molecule has 0 bridgehead atoms. The van der Waals surface area contributed by atoms with Crippen LogP contribution in [0.15, 0.2) is 18.2 Å². The second kappa shape index (κ2) is 5.65. The van der Waals surface area contributed by atoms with Crippen molar-refractivity contribution in [2.45, 2.75) is 31.6 Å². The fraction of sp³-hybridized carbons (Fsp3) is 0.500. The van der Waals surface area contributed by atoms with Crippen molar-refractivity contribution in [3.63, 3.8) is 0 Å². The van der Waals surface area contributed by atoms with Gasteiger partial charge in [0.25, 0.3) is 5.91 Å². The number of thioether (sulfide) groups is 1. The van der Waals surface area contributed by atoms with Crippen LogP contribution < -0.4 is 10.6 Å². The topological polar surface area (TPSA) is 41.1 Å². The summed E-state index contributed by atoms with van der Waals surface area (Å²) in [5.74, 6) is 1.19. The zero-order chi connectivity index (χ0) is 13.1. The van der Waals surface area contributed by atoms with Crippen LogP contribution in [-0.4, -0.2) is 30.0 Å². The number of hydrogen-bond acceptors (Lipinski definition) is 3. The lowest BCUT2D eigenvalue weighted by molar-refractivity contribution is 0.0962. The lowest BCUT2D eigenvalue weighted by Gasteiger charge is -2.20. The van der Waals surface area contributed by atoms with Gasteiger partial charge in [-0.3, -0.25) is 4.79 Å². The molecule has 4 heteroatoms. The van der Waals surface area contributed by atoms with Gasteiger partial charge < -0.3 is 10.6 Å². The van der Waals surface area contributed by atoms with E-state index in [0.29, 0.717) is 11.3 Å². The van der Waals surface area contributed by atoms with Gasteiger partial charge in [0, 0.05) is 29.6 Å². The first-order chi connectivity index (χ1) is 8.63. The van der Waals surface area contributed by atoms with Crippen LogP contribution >= 0.6 is 11.8 Å². The maximum Gasteiger partial charge on any atom is 0.251 e. The summed E-state index contributed by atoms with van der Waals surface area (Å²) >= 11 is 2.00. The monoisotopic (exact) mass is 264 g/mol. The molecule has 1 aromatic rings. The van der Waals surface area contributed by atoms with Crippen LogP contribution in [-0.2, 0) is 0 Å². The first kappa shape index (κ1) is 13.3. The smallest absolute Gasteiger partial charge is 0.251 e. The van der Waals surface area contributed by atoms with Crippen molar-refractivity contribution in [2.24, 2.45) is 0 Å². The molecule has 1 heterocycles.